The van der Waals surface area contributed by atoms with Crippen molar-refractivity contribution in [2.75, 3.05) is 6.61 Å². The number of fused-ring (bicyclic) bond motifs is 1. The molecule has 3 heterocycles. The fourth-order valence-corrected chi connectivity index (χ4v) is 3.28. The van der Waals surface area contributed by atoms with Crippen LogP contribution in [0, 0.1) is 6.92 Å². The van der Waals surface area contributed by atoms with E-state index in [1.165, 1.54) is 10.8 Å². The van der Waals surface area contributed by atoms with Crippen molar-refractivity contribution in [2.24, 2.45) is 0 Å². The molecule has 0 atom stereocenters. The van der Waals surface area contributed by atoms with Crippen molar-refractivity contribution < 1.29 is 9.53 Å². The Morgan fingerprint density at radius 2 is 2.12 bits per heavy atom. The second kappa shape index (κ2) is 6.46. The van der Waals surface area contributed by atoms with E-state index in [9.17, 15) is 9.59 Å². The van der Waals surface area contributed by atoms with Crippen LogP contribution in [-0.2, 0) is 4.74 Å². The van der Waals surface area contributed by atoms with E-state index >= 15 is 0 Å². The molecule has 0 aliphatic heterocycles. The highest BCUT2D eigenvalue weighted by molar-refractivity contribution is 7.08. The summed E-state index contributed by atoms with van der Waals surface area (Å²) in [6.45, 7) is 3.52. The van der Waals surface area contributed by atoms with Gasteiger partial charge in [0.1, 0.15) is 10.7 Å². The van der Waals surface area contributed by atoms with E-state index in [4.69, 9.17) is 27.9 Å². The Morgan fingerprint density at radius 1 is 1.38 bits per heavy atom. The highest BCUT2D eigenvalue weighted by atomic mass is 35.5. The first-order valence-electron chi connectivity index (χ1n) is 6.81. The standard InChI is InChI=1S/C14H10Cl2N4O3S/c1-3-23-12(22)7-5-20(14-18-13(16)19-24-14)11-9(10(7)21)6(2)4-8(15)17-11/h4-5H,3H2,1-2H3. The topological polar surface area (TPSA) is 87.0 Å². The molecule has 0 fully saturated rings. The van der Waals surface area contributed by atoms with Crippen LogP contribution < -0.4 is 5.43 Å². The normalized spacial score (nSPS) is 11.0. The maximum Gasteiger partial charge on any atom is 0.343 e. The van der Waals surface area contributed by atoms with Crippen molar-refractivity contribution in [2.45, 2.75) is 13.8 Å². The summed E-state index contributed by atoms with van der Waals surface area (Å²) >= 11 is 12.8. The number of hydrogen-bond acceptors (Lipinski definition) is 7. The van der Waals surface area contributed by atoms with Gasteiger partial charge in [0.2, 0.25) is 15.8 Å². The molecule has 3 aromatic rings. The lowest BCUT2D eigenvalue weighted by Crippen LogP contribution is -2.21. The average Bonchev–Trinajstić information content (AvgIpc) is 2.93. The number of rotatable bonds is 3. The molecule has 0 aromatic carbocycles. The van der Waals surface area contributed by atoms with E-state index in [-0.39, 0.29) is 33.6 Å². The molecule has 0 amide bonds. The predicted octanol–water partition coefficient (Wildman–Crippen LogP) is 3.03. The third-order valence-electron chi connectivity index (χ3n) is 3.22. The maximum atomic E-state index is 12.7. The van der Waals surface area contributed by atoms with Crippen molar-refractivity contribution in [3.8, 4) is 5.13 Å². The number of ether oxygens (including phenoxy) is 1. The van der Waals surface area contributed by atoms with Crippen LogP contribution in [0.25, 0.3) is 16.2 Å². The third-order valence-corrected chi connectivity index (χ3v) is 4.39. The number of pyridine rings is 2. The monoisotopic (exact) mass is 384 g/mol. The quantitative estimate of drug-likeness (QED) is 0.509. The number of aryl methyl sites for hydroxylation is 1. The number of hydrogen-bond donors (Lipinski definition) is 0. The molecular weight excluding hydrogens is 375 g/mol. The number of carbonyl (C=O) groups is 1. The van der Waals surface area contributed by atoms with E-state index < -0.39 is 11.4 Å². The van der Waals surface area contributed by atoms with Crippen molar-refractivity contribution in [3.63, 3.8) is 0 Å². The van der Waals surface area contributed by atoms with Gasteiger partial charge >= 0.3 is 5.97 Å². The molecule has 3 aromatic heterocycles. The van der Waals surface area contributed by atoms with E-state index in [1.807, 2.05) is 0 Å². The van der Waals surface area contributed by atoms with Crippen LogP contribution in [0.4, 0.5) is 0 Å². The molecule has 24 heavy (non-hydrogen) atoms. The Bertz CT molecular complexity index is 1020. The summed E-state index contributed by atoms with van der Waals surface area (Å²) in [6, 6.07) is 1.55. The SMILES string of the molecule is CCOC(=O)c1cn(-c2nc(Cl)ns2)c2nc(Cl)cc(C)c2c1=O. The zero-order valence-corrected chi connectivity index (χ0v) is 14.9. The Labute approximate surface area is 150 Å². The lowest BCUT2D eigenvalue weighted by Gasteiger charge is -2.11. The van der Waals surface area contributed by atoms with Crippen LogP contribution in [0.3, 0.4) is 0 Å². The summed E-state index contributed by atoms with van der Waals surface area (Å²) in [6.07, 6.45) is 1.32. The number of aromatic nitrogens is 4. The Hall–Kier alpha value is -2.03. The molecular formula is C14H10Cl2N4O3S. The largest absolute Gasteiger partial charge is 0.462 e. The summed E-state index contributed by atoms with van der Waals surface area (Å²) in [5, 5.41) is 0.881. The van der Waals surface area contributed by atoms with Gasteiger partial charge in [-0.25, -0.2) is 9.78 Å². The molecule has 0 radical (unpaired) electrons. The minimum atomic E-state index is -0.719. The molecule has 0 unspecified atom stereocenters. The summed E-state index contributed by atoms with van der Waals surface area (Å²) in [5.74, 6) is -0.719. The maximum absolute atomic E-state index is 12.7. The molecule has 3 rings (SSSR count). The van der Waals surface area contributed by atoms with Crippen LogP contribution in [-0.4, -0.2) is 31.5 Å². The fourth-order valence-electron chi connectivity index (χ4n) is 2.25. The van der Waals surface area contributed by atoms with Crippen LogP contribution in [0.5, 0.6) is 0 Å². The zero-order valence-electron chi connectivity index (χ0n) is 12.5. The van der Waals surface area contributed by atoms with Gasteiger partial charge in [-0.2, -0.15) is 9.36 Å². The number of carbonyl (C=O) groups excluding carboxylic acids is 1. The zero-order chi connectivity index (χ0) is 17.4. The predicted molar refractivity (Wildman–Crippen MR) is 91.5 cm³/mol. The molecule has 0 spiro atoms. The van der Waals surface area contributed by atoms with E-state index in [2.05, 4.69) is 14.3 Å². The van der Waals surface area contributed by atoms with Gasteiger partial charge in [0.15, 0.2) is 5.65 Å². The molecule has 0 aliphatic carbocycles. The Balaban J connectivity index is 2.42. The van der Waals surface area contributed by atoms with Crippen LogP contribution in [0.1, 0.15) is 22.8 Å². The van der Waals surface area contributed by atoms with Gasteiger partial charge in [-0.1, -0.05) is 11.6 Å². The van der Waals surface area contributed by atoms with Crippen molar-refractivity contribution in [1.82, 2.24) is 18.9 Å². The summed E-state index contributed by atoms with van der Waals surface area (Å²) in [4.78, 5) is 33.1. The van der Waals surface area contributed by atoms with Crippen molar-refractivity contribution >= 4 is 51.7 Å². The number of halogens is 2. The molecule has 0 aliphatic rings. The summed E-state index contributed by atoms with van der Waals surface area (Å²) in [5.41, 5.74) is 0.260. The average molecular weight is 385 g/mol. The smallest absolute Gasteiger partial charge is 0.343 e. The Morgan fingerprint density at radius 3 is 2.75 bits per heavy atom. The highest BCUT2D eigenvalue weighted by Gasteiger charge is 2.21. The van der Waals surface area contributed by atoms with E-state index in [1.54, 1.807) is 19.9 Å². The van der Waals surface area contributed by atoms with Gasteiger partial charge in [-0.15, -0.1) is 0 Å². The van der Waals surface area contributed by atoms with Gasteiger partial charge < -0.3 is 4.74 Å². The third kappa shape index (κ3) is 2.88. The van der Waals surface area contributed by atoms with Crippen LogP contribution in [0.2, 0.25) is 10.4 Å². The highest BCUT2D eigenvalue weighted by Crippen LogP contribution is 2.23. The second-order valence-electron chi connectivity index (χ2n) is 4.77. The van der Waals surface area contributed by atoms with E-state index in [0.717, 1.165) is 11.5 Å². The summed E-state index contributed by atoms with van der Waals surface area (Å²) in [7, 11) is 0. The van der Waals surface area contributed by atoms with Crippen LogP contribution >= 0.6 is 34.7 Å². The molecule has 0 bridgehead atoms. The minimum Gasteiger partial charge on any atom is -0.462 e. The first-order chi connectivity index (χ1) is 11.4. The van der Waals surface area contributed by atoms with E-state index in [0.29, 0.717) is 10.7 Å². The minimum absolute atomic E-state index is 0.0540. The van der Waals surface area contributed by atoms with Gasteiger partial charge in [-0.3, -0.25) is 9.36 Å². The van der Waals surface area contributed by atoms with Crippen LogP contribution in [0.15, 0.2) is 17.1 Å². The molecule has 0 saturated carbocycles. The van der Waals surface area contributed by atoms with Gasteiger partial charge in [-0.05, 0) is 37.1 Å². The number of esters is 1. The first kappa shape index (κ1) is 16.8. The summed E-state index contributed by atoms with van der Waals surface area (Å²) < 4.78 is 10.3. The van der Waals surface area contributed by atoms with Gasteiger partial charge in [0.25, 0.3) is 0 Å². The fraction of sp³-hybridized carbons (Fsp3) is 0.214. The number of nitrogens with zero attached hydrogens (tertiary/aromatic N) is 4. The molecule has 124 valence electrons. The van der Waals surface area contributed by atoms with Crippen molar-refractivity contribution in [1.29, 1.82) is 0 Å². The lowest BCUT2D eigenvalue weighted by atomic mass is 10.1. The molecule has 0 saturated heterocycles. The molecule has 10 heteroatoms. The second-order valence-corrected chi connectivity index (χ2v) is 6.22. The Kier molecular flexibility index (Phi) is 4.53. The lowest BCUT2D eigenvalue weighted by molar-refractivity contribution is 0.0524. The first-order valence-corrected chi connectivity index (χ1v) is 8.34. The van der Waals surface area contributed by atoms with Gasteiger partial charge in [0, 0.05) is 17.7 Å². The molecule has 0 N–H and O–H groups in total. The van der Waals surface area contributed by atoms with Gasteiger partial charge in [0.05, 0.1) is 12.0 Å². The van der Waals surface area contributed by atoms with Crippen molar-refractivity contribution in [3.05, 3.63) is 44.1 Å². The molecule has 7 nitrogen and oxygen atoms in total.